The number of azo groups is 1. The van der Waals surface area contributed by atoms with Gasteiger partial charge in [-0.3, -0.25) is 15.0 Å². The van der Waals surface area contributed by atoms with Gasteiger partial charge >= 0.3 is 6.03 Å². The zero-order valence-corrected chi connectivity index (χ0v) is 25.0. The summed E-state index contributed by atoms with van der Waals surface area (Å²) in [5.74, 6) is 5.34. The number of nitrogens with one attached hydrogen (secondary N) is 2. The van der Waals surface area contributed by atoms with E-state index >= 15 is 0 Å². The van der Waals surface area contributed by atoms with E-state index in [9.17, 15) is 9.59 Å². The number of hydrogen-bond donors (Lipinski definition) is 3. The number of nitrogens with two attached hydrogens (primary N) is 1. The van der Waals surface area contributed by atoms with Crippen molar-refractivity contribution in [1.82, 2.24) is 10.6 Å². The van der Waals surface area contributed by atoms with E-state index in [1.807, 2.05) is 55.5 Å². The molecule has 41 heavy (non-hydrogen) atoms. The molecule has 0 aliphatic heterocycles. The van der Waals surface area contributed by atoms with Crippen molar-refractivity contribution in [2.45, 2.75) is 57.5 Å². The first-order chi connectivity index (χ1) is 19.9. The first-order valence-corrected chi connectivity index (χ1v) is 14.6. The van der Waals surface area contributed by atoms with Gasteiger partial charge in [0.05, 0.1) is 12.6 Å². The van der Waals surface area contributed by atoms with E-state index in [4.69, 9.17) is 5.84 Å². The standard InChI is InChI=1S/C31H36BrN7O2/c1-21(23-12-16-27(32)17-13-23)35-31(41)39(28-18-14-25(15-19-28)24-6-4-3-5-7-24)20-22-8-10-26(11-9-22)29(40)36-30(37-33)38-34-2/h8-19,21,24H,3-7,20,33H2,1-2H3,(H,35,41)(H,36,37,40). The highest BCUT2D eigenvalue weighted by atomic mass is 79.9. The molecule has 9 nitrogen and oxygen atoms in total. The maximum Gasteiger partial charge on any atom is 0.322 e. The predicted molar refractivity (Wildman–Crippen MR) is 166 cm³/mol. The van der Waals surface area contributed by atoms with Gasteiger partial charge in [0.2, 0.25) is 0 Å². The van der Waals surface area contributed by atoms with Crippen LogP contribution < -0.4 is 21.4 Å². The molecule has 214 valence electrons. The molecule has 1 unspecified atom stereocenters. The lowest BCUT2D eigenvalue weighted by Gasteiger charge is -2.27. The number of hydrazone groups is 1. The third-order valence-corrected chi connectivity index (χ3v) is 7.86. The van der Waals surface area contributed by atoms with Crippen LogP contribution in [0.2, 0.25) is 0 Å². The van der Waals surface area contributed by atoms with E-state index in [0.717, 1.165) is 21.3 Å². The van der Waals surface area contributed by atoms with Crippen LogP contribution in [-0.4, -0.2) is 24.9 Å². The molecule has 3 aromatic rings. The van der Waals surface area contributed by atoms with Gasteiger partial charge < -0.3 is 11.2 Å². The van der Waals surface area contributed by atoms with Crippen LogP contribution in [0.3, 0.4) is 0 Å². The number of amides is 3. The number of halogens is 1. The monoisotopic (exact) mass is 617 g/mol. The van der Waals surface area contributed by atoms with E-state index < -0.39 is 5.91 Å². The second-order valence-corrected chi connectivity index (χ2v) is 11.1. The minimum absolute atomic E-state index is 0.0824. The minimum atomic E-state index is -0.413. The molecule has 4 N–H and O–H groups in total. The summed E-state index contributed by atoms with van der Waals surface area (Å²) in [5, 5.41) is 16.3. The first-order valence-electron chi connectivity index (χ1n) is 13.8. The molecular weight excluding hydrogens is 582 g/mol. The van der Waals surface area contributed by atoms with Crippen molar-refractivity contribution >= 4 is 39.5 Å². The summed E-state index contributed by atoms with van der Waals surface area (Å²) in [6, 6.07) is 22.9. The summed E-state index contributed by atoms with van der Waals surface area (Å²) in [7, 11) is 1.46. The first kappa shape index (κ1) is 29.9. The maximum atomic E-state index is 13.7. The second kappa shape index (κ2) is 14.5. The Kier molecular flexibility index (Phi) is 10.6. The van der Waals surface area contributed by atoms with Crippen molar-refractivity contribution in [1.29, 1.82) is 0 Å². The predicted octanol–water partition coefficient (Wildman–Crippen LogP) is 7.02. The van der Waals surface area contributed by atoms with Crippen molar-refractivity contribution < 1.29 is 9.59 Å². The van der Waals surface area contributed by atoms with Gasteiger partial charge in [-0.25, -0.2) is 4.79 Å². The van der Waals surface area contributed by atoms with Gasteiger partial charge in [0, 0.05) is 22.8 Å². The number of nitrogens with zero attached hydrogens (tertiary/aromatic N) is 4. The molecule has 0 heterocycles. The SMILES string of the molecule is CN=NC(=NN)NC(=O)c1ccc(CN(C(=O)NC(C)c2ccc(Br)cc2)c2ccc(C3CCCCC3)cc2)cc1. The van der Waals surface area contributed by atoms with Crippen LogP contribution in [0.1, 0.15) is 78.0 Å². The van der Waals surface area contributed by atoms with Crippen molar-refractivity contribution in [2.75, 3.05) is 11.9 Å². The molecule has 3 amide bonds. The summed E-state index contributed by atoms with van der Waals surface area (Å²) in [4.78, 5) is 28.0. The summed E-state index contributed by atoms with van der Waals surface area (Å²) in [6.45, 7) is 2.29. The van der Waals surface area contributed by atoms with Gasteiger partial charge in [-0.1, -0.05) is 71.6 Å². The lowest BCUT2D eigenvalue weighted by atomic mass is 9.84. The lowest BCUT2D eigenvalue weighted by molar-refractivity contribution is 0.0976. The Morgan fingerprint density at radius 3 is 2.24 bits per heavy atom. The molecule has 0 aromatic heterocycles. The van der Waals surface area contributed by atoms with Gasteiger partial charge in [-0.2, -0.15) is 5.11 Å². The zero-order chi connectivity index (χ0) is 29.2. The van der Waals surface area contributed by atoms with Gasteiger partial charge in [-0.15, -0.1) is 10.2 Å². The number of rotatable bonds is 7. The highest BCUT2D eigenvalue weighted by Gasteiger charge is 2.21. The Morgan fingerprint density at radius 2 is 1.63 bits per heavy atom. The van der Waals surface area contributed by atoms with Crippen LogP contribution in [0.4, 0.5) is 10.5 Å². The third-order valence-electron chi connectivity index (χ3n) is 7.34. The molecule has 4 rings (SSSR count). The molecule has 10 heteroatoms. The largest absolute Gasteiger partial charge is 0.331 e. The number of benzene rings is 3. The van der Waals surface area contributed by atoms with Gasteiger partial charge in [-0.05, 0) is 78.8 Å². The molecule has 3 aromatic carbocycles. The fourth-order valence-electron chi connectivity index (χ4n) is 5.04. The van der Waals surface area contributed by atoms with Crippen molar-refractivity contribution in [3.63, 3.8) is 0 Å². The number of hydrogen-bond acceptors (Lipinski definition) is 5. The van der Waals surface area contributed by atoms with E-state index in [1.54, 1.807) is 17.0 Å². The molecule has 0 bridgehead atoms. The Bertz CT molecular complexity index is 1370. The maximum absolute atomic E-state index is 13.7. The van der Waals surface area contributed by atoms with Crippen LogP contribution in [-0.2, 0) is 6.54 Å². The van der Waals surface area contributed by atoms with Crippen LogP contribution in [0.15, 0.2) is 92.6 Å². The van der Waals surface area contributed by atoms with Gasteiger partial charge in [0.1, 0.15) is 0 Å². The third kappa shape index (κ3) is 8.23. The van der Waals surface area contributed by atoms with Crippen LogP contribution in [0.25, 0.3) is 0 Å². The van der Waals surface area contributed by atoms with E-state index in [1.165, 1.54) is 44.7 Å². The van der Waals surface area contributed by atoms with Gasteiger partial charge in [0.15, 0.2) is 0 Å². The average Bonchev–Trinajstić information content (AvgIpc) is 3.00. The lowest BCUT2D eigenvalue weighted by Crippen LogP contribution is -2.40. The molecule has 1 atom stereocenters. The summed E-state index contributed by atoms with van der Waals surface area (Å²) < 4.78 is 0.984. The average molecular weight is 619 g/mol. The van der Waals surface area contributed by atoms with Crippen LogP contribution in [0, 0.1) is 0 Å². The number of urea groups is 1. The normalized spacial score (nSPS) is 15.0. The summed E-state index contributed by atoms with van der Waals surface area (Å²) in [6.07, 6.45) is 6.28. The summed E-state index contributed by atoms with van der Waals surface area (Å²) >= 11 is 3.47. The van der Waals surface area contributed by atoms with Crippen LogP contribution >= 0.6 is 15.9 Å². The Labute approximate surface area is 249 Å². The smallest absolute Gasteiger partial charge is 0.322 e. The van der Waals surface area contributed by atoms with E-state index in [2.05, 4.69) is 54.0 Å². The fourth-order valence-corrected chi connectivity index (χ4v) is 5.30. The molecule has 1 aliphatic carbocycles. The Morgan fingerprint density at radius 1 is 0.976 bits per heavy atom. The molecule has 0 radical (unpaired) electrons. The Balaban J connectivity index is 1.53. The highest BCUT2D eigenvalue weighted by Crippen LogP contribution is 2.33. The fraction of sp³-hybridized carbons (Fsp3) is 0.323. The minimum Gasteiger partial charge on any atom is -0.331 e. The van der Waals surface area contributed by atoms with Crippen LogP contribution in [0.5, 0.6) is 0 Å². The topological polar surface area (TPSA) is 125 Å². The molecular formula is C31H36BrN7O2. The van der Waals surface area contributed by atoms with Crippen molar-refractivity contribution in [3.05, 3.63) is 99.5 Å². The quantitative estimate of drug-likeness (QED) is 0.0867. The molecule has 1 saturated carbocycles. The molecule has 0 saturated heterocycles. The number of carbonyl (C=O) groups is 2. The second-order valence-electron chi connectivity index (χ2n) is 10.1. The van der Waals surface area contributed by atoms with Crippen molar-refractivity contribution in [2.24, 2.45) is 21.2 Å². The molecule has 1 fully saturated rings. The van der Waals surface area contributed by atoms with Crippen molar-refractivity contribution in [3.8, 4) is 0 Å². The highest BCUT2D eigenvalue weighted by molar-refractivity contribution is 9.10. The summed E-state index contributed by atoms with van der Waals surface area (Å²) in [5.41, 5.74) is 4.41. The zero-order valence-electron chi connectivity index (χ0n) is 23.4. The molecule has 0 spiro atoms. The Hall–Kier alpha value is -4.05. The van der Waals surface area contributed by atoms with E-state index in [-0.39, 0.29) is 18.0 Å². The van der Waals surface area contributed by atoms with Gasteiger partial charge in [0.25, 0.3) is 11.9 Å². The van der Waals surface area contributed by atoms with E-state index in [0.29, 0.717) is 18.0 Å². The molecule has 1 aliphatic rings. The number of carbonyl (C=O) groups excluding carboxylic acids is 2. The number of guanidine groups is 1. The number of anilines is 1.